The summed E-state index contributed by atoms with van der Waals surface area (Å²) >= 11 is 0. The maximum Gasteiger partial charge on any atom is 0.263 e. The first-order chi connectivity index (χ1) is 13.3. The number of nitriles is 1. The van der Waals surface area contributed by atoms with E-state index < -0.39 is 0 Å². The van der Waals surface area contributed by atoms with Crippen molar-refractivity contribution in [3.63, 3.8) is 0 Å². The van der Waals surface area contributed by atoms with Gasteiger partial charge < -0.3 is 0 Å². The first-order valence-electron chi connectivity index (χ1n) is 8.37. The number of hydrogen-bond acceptors (Lipinski definition) is 4. The van der Waals surface area contributed by atoms with Crippen molar-refractivity contribution in [1.82, 2.24) is 14.5 Å². The van der Waals surface area contributed by atoms with Crippen LogP contribution in [0.3, 0.4) is 0 Å². The minimum atomic E-state index is -0.205. The summed E-state index contributed by atoms with van der Waals surface area (Å²) in [5, 5.41) is 9.46. The highest BCUT2D eigenvalue weighted by Crippen LogP contribution is 2.25. The largest absolute Gasteiger partial charge is 0.283 e. The number of para-hydroxylation sites is 1. The molecule has 0 amide bonds. The Hall–Kier alpha value is -4.04. The van der Waals surface area contributed by atoms with E-state index in [4.69, 9.17) is 0 Å². The molecule has 0 aliphatic carbocycles. The van der Waals surface area contributed by atoms with Crippen LogP contribution in [0.5, 0.6) is 0 Å². The van der Waals surface area contributed by atoms with E-state index in [9.17, 15) is 10.1 Å². The highest BCUT2D eigenvalue weighted by atomic mass is 16.1. The zero-order valence-corrected chi connectivity index (χ0v) is 14.3. The van der Waals surface area contributed by atoms with Gasteiger partial charge in [-0.25, -0.2) is 9.97 Å². The van der Waals surface area contributed by atoms with Crippen molar-refractivity contribution >= 4 is 0 Å². The quantitative estimate of drug-likeness (QED) is 0.563. The smallest absolute Gasteiger partial charge is 0.263 e. The summed E-state index contributed by atoms with van der Waals surface area (Å²) < 4.78 is 1.56. The maximum absolute atomic E-state index is 13.2. The molecule has 5 nitrogen and oxygen atoms in total. The summed E-state index contributed by atoms with van der Waals surface area (Å²) in [7, 11) is 0. The fourth-order valence-electron chi connectivity index (χ4n) is 2.94. The molecule has 0 spiro atoms. The molecule has 0 aliphatic heterocycles. The van der Waals surface area contributed by atoms with Gasteiger partial charge in [0.15, 0.2) is 5.82 Å². The number of benzene rings is 2. The van der Waals surface area contributed by atoms with Gasteiger partial charge in [-0.15, -0.1) is 0 Å². The van der Waals surface area contributed by atoms with Gasteiger partial charge in [0.05, 0.1) is 11.6 Å². The predicted molar refractivity (Wildman–Crippen MR) is 103 cm³/mol. The van der Waals surface area contributed by atoms with E-state index >= 15 is 0 Å². The first kappa shape index (κ1) is 16.4. The molecule has 0 fully saturated rings. The monoisotopic (exact) mass is 350 g/mol. The average Bonchev–Trinajstić information content (AvgIpc) is 2.75. The van der Waals surface area contributed by atoms with Crippen LogP contribution in [-0.2, 0) is 0 Å². The van der Waals surface area contributed by atoms with E-state index in [1.807, 2.05) is 36.4 Å². The number of aromatic nitrogens is 3. The van der Waals surface area contributed by atoms with Crippen LogP contribution in [0.2, 0.25) is 0 Å². The topological polar surface area (TPSA) is 71.6 Å². The third-order valence-corrected chi connectivity index (χ3v) is 4.21. The number of rotatable bonds is 3. The second-order valence-corrected chi connectivity index (χ2v) is 5.88. The van der Waals surface area contributed by atoms with E-state index in [1.54, 1.807) is 53.5 Å². The number of pyridine rings is 1. The fraction of sp³-hybridized carbons (Fsp3) is 0. The fourth-order valence-corrected chi connectivity index (χ4v) is 2.94. The minimum absolute atomic E-state index is 0.205. The van der Waals surface area contributed by atoms with E-state index in [0.717, 1.165) is 5.69 Å². The molecule has 0 unspecified atom stereocenters. The van der Waals surface area contributed by atoms with Crippen molar-refractivity contribution in [3.8, 4) is 34.3 Å². The summed E-state index contributed by atoms with van der Waals surface area (Å²) in [6, 6.07) is 22.1. The van der Waals surface area contributed by atoms with Gasteiger partial charge in [0.1, 0.15) is 0 Å². The van der Waals surface area contributed by atoms with E-state index in [0.29, 0.717) is 28.1 Å². The van der Waals surface area contributed by atoms with Gasteiger partial charge in [0, 0.05) is 41.0 Å². The van der Waals surface area contributed by atoms with Gasteiger partial charge in [0.25, 0.3) is 5.56 Å². The zero-order valence-electron chi connectivity index (χ0n) is 14.3. The Morgan fingerprint density at radius 1 is 0.852 bits per heavy atom. The third-order valence-electron chi connectivity index (χ3n) is 4.21. The van der Waals surface area contributed by atoms with Crippen molar-refractivity contribution in [3.05, 3.63) is 101 Å². The molecule has 2 aromatic heterocycles. The molecular weight excluding hydrogens is 336 g/mol. The van der Waals surface area contributed by atoms with Gasteiger partial charge in [0.2, 0.25) is 0 Å². The highest BCUT2D eigenvalue weighted by Gasteiger charge is 2.15. The lowest BCUT2D eigenvalue weighted by atomic mass is 10.00. The molecule has 0 aliphatic rings. The Kier molecular flexibility index (Phi) is 4.30. The summed E-state index contributed by atoms with van der Waals surface area (Å²) in [6.07, 6.45) is 5.04. The second kappa shape index (κ2) is 7.06. The Bertz CT molecular complexity index is 1190. The standard InChI is InChI=1S/C22H14N4O/c23-14-16-7-4-5-10-19(16)20-13-17(21-24-11-6-12-25-21)15-26(22(20)27)18-8-2-1-3-9-18/h1-13,15H. The molecule has 0 N–H and O–H groups in total. The van der Waals surface area contributed by atoms with Crippen molar-refractivity contribution in [2.75, 3.05) is 0 Å². The molecule has 27 heavy (non-hydrogen) atoms. The van der Waals surface area contributed by atoms with Gasteiger partial charge >= 0.3 is 0 Å². The van der Waals surface area contributed by atoms with Gasteiger partial charge in [-0.1, -0.05) is 36.4 Å². The van der Waals surface area contributed by atoms with Crippen LogP contribution in [0.25, 0.3) is 28.2 Å². The van der Waals surface area contributed by atoms with E-state index in [-0.39, 0.29) is 5.56 Å². The van der Waals surface area contributed by atoms with E-state index in [1.165, 1.54) is 0 Å². The van der Waals surface area contributed by atoms with Crippen LogP contribution in [0.4, 0.5) is 0 Å². The molecule has 0 radical (unpaired) electrons. The predicted octanol–water partition coefficient (Wildman–Crippen LogP) is 3.83. The van der Waals surface area contributed by atoms with Crippen molar-refractivity contribution in [2.45, 2.75) is 0 Å². The lowest BCUT2D eigenvalue weighted by molar-refractivity contribution is 0.989. The first-order valence-corrected chi connectivity index (χ1v) is 8.37. The number of hydrogen-bond donors (Lipinski definition) is 0. The Morgan fingerprint density at radius 2 is 1.56 bits per heavy atom. The summed E-state index contributed by atoms with van der Waals surface area (Å²) in [5.74, 6) is 0.512. The van der Waals surface area contributed by atoms with Gasteiger partial charge in [-0.05, 0) is 30.3 Å². The third kappa shape index (κ3) is 3.12. The molecule has 128 valence electrons. The summed E-state index contributed by atoms with van der Waals surface area (Å²) in [5.41, 5.74) is 2.69. The lowest BCUT2D eigenvalue weighted by Crippen LogP contribution is -2.20. The van der Waals surface area contributed by atoms with E-state index in [2.05, 4.69) is 16.0 Å². The Labute approximate surface area is 155 Å². The SMILES string of the molecule is N#Cc1ccccc1-c1cc(-c2ncccn2)cn(-c2ccccc2)c1=O. The Morgan fingerprint density at radius 3 is 2.30 bits per heavy atom. The van der Waals surface area contributed by atoms with Gasteiger partial charge in [-0.2, -0.15) is 5.26 Å². The minimum Gasteiger partial charge on any atom is -0.283 e. The van der Waals surface area contributed by atoms with Crippen LogP contribution in [0, 0.1) is 11.3 Å². The van der Waals surface area contributed by atoms with Gasteiger partial charge in [-0.3, -0.25) is 9.36 Å². The molecule has 0 atom stereocenters. The Balaban J connectivity index is 2.04. The van der Waals surface area contributed by atoms with Crippen LogP contribution in [0.15, 0.2) is 90.1 Å². The van der Waals surface area contributed by atoms with Crippen molar-refractivity contribution in [2.24, 2.45) is 0 Å². The summed E-state index contributed by atoms with van der Waals surface area (Å²) in [4.78, 5) is 21.8. The lowest BCUT2D eigenvalue weighted by Gasteiger charge is -2.12. The molecule has 2 heterocycles. The molecule has 0 saturated heterocycles. The molecular formula is C22H14N4O. The van der Waals surface area contributed by atoms with Crippen LogP contribution in [-0.4, -0.2) is 14.5 Å². The molecule has 0 bridgehead atoms. The summed E-state index contributed by atoms with van der Waals surface area (Å²) in [6.45, 7) is 0. The van der Waals surface area contributed by atoms with Crippen LogP contribution in [0.1, 0.15) is 5.56 Å². The molecule has 5 heteroatoms. The molecule has 4 aromatic rings. The molecule has 4 rings (SSSR count). The molecule has 0 saturated carbocycles. The highest BCUT2D eigenvalue weighted by molar-refractivity contribution is 5.74. The second-order valence-electron chi connectivity index (χ2n) is 5.88. The molecule has 2 aromatic carbocycles. The zero-order chi connectivity index (χ0) is 18.6. The maximum atomic E-state index is 13.2. The van der Waals surface area contributed by atoms with Crippen molar-refractivity contribution in [1.29, 1.82) is 5.26 Å². The number of nitrogens with zero attached hydrogens (tertiary/aromatic N) is 4. The van der Waals surface area contributed by atoms with Crippen LogP contribution >= 0.6 is 0 Å². The normalized spacial score (nSPS) is 10.3. The average molecular weight is 350 g/mol. The van der Waals surface area contributed by atoms with Crippen LogP contribution < -0.4 is 5.56 Å². The van der Waals surface area contributed by atoms with Crippen molar-refractivity contribution < 1.29 is 0 Å².